The summed E-state index contributed by atoms with van der Waals surface area (Å²) in [5, 5.41) is 0. The Labute approximate surface area is 488 Å². The van der Waals surface area contributed by atoms with Crippen molar-refractivity contribution in [3.8, 4) is 0 Å². The monoisotopic (exact) mass is 1090 g/mol. The van der Waals surface area contributed by atoms with Crippen LogP contribution in [0.4, 0.5) is 0 Å². The molecule has 0 heterocycles. The van der Waals surface area contributed by atoms with Crippen molar-refractivity contribution in [2.24, 2.45) is 0 Å². The van der Waals surface area contributed by atoms with E-state index in [-0.39, 0.29) is 37.5 Å². The summed E-state index contributed by atoms with van der Waals surface area (Å²) in [4.78, 5) is 38.3. The molecule has 0 spiro atoms. The first kappa shape index (κ1) is 74.8. The average molecular weight is 1100 g/mol. The van der Waals surface area contributed by atoms with Crippen LogP contribution in [-0.2, 0) is 28.6 Å². The van der Waals surface area contributed by atoms with Crippen molar-refractivity contribution in [1.82, 2.24) is 0 Å². The molecular weight excluding hydrogens is 973 g/mol. The Balaban J connectivity index is 4.30. The van der Waals surface area contributed by atoms with Gasteiger partial charge in [0.15, 0.2) is 6.10 Å². The van der Waals surface area contributed by atoms with Crippen molar-refractivity contribution in [3.63, 3.8) is 0 Å². The molecule has 1 atom stereocenters. The van der Waals surface area contributed by atoms with Crippen molar-refractivity contribution in [1.29, 1.82) is 0 Å². The molecule has 0 aromatic carbocycles. The highest BCUT2D eigenvalue weighted by molar-refractivity contribution is 5.71. The third kappa shape index (κ3) is 64.5. The van der Waals surface area contributed by atoms with Gasteiger partial charge in [-0.05, 0) is 128 Å². The molecule has 0 rings (SSSR count). The van der Waals surface area contributed by atoms with Gasteiger partial charge in [0, 0.05) is 19.3 Å². The predicted molar refractivity (Wildman–Crippen MR) is 343 cm³/mol. The smallest absolute Gasteiger partial charge is 0.306 e. The highest BCUT2D eigenvalue weighted by Crippen LogP contribution is 2.16. The minimum Gasteiger partial charge on any atom is -0.462 e. The number of esters is 3. The molecule has 450 valence electrons. The molecule has 6 heteroatoms. The van der Waals surface area contributed by atoms with E-state index in [9.17, 15) is 14.4 Å². The van der Waals surface area contributed by atoms with Gasteiger partial charge in [-0.2, -0.15) is 0 Å². The number of rotatable bonds is 59. The Morgan fingerprint density at radius 1 is 0.266 bits per heavy atom. The molecule has 0 fully saturated rings. The average Bonchev–Trinajstić information content (AvgIpc) is 3.45. The van der Waals surface area contributed by atoms with Crippen molar-refractivity contribution in [2.75, 3.05) is 13.2 Å². The standard InChI is InChI=1S/C73H122O6/c1-4-7-10-13-16-19-22-24-26-28-30-32-33-34-35-36-37-38-39-41-42-44-46-48-51-54-57-60-63-66-72(75)78-69-70(68-77-71(74)65-62-59-56-53-50-21-18-15-12-9-6-3)79-73(76)67-64-61-58-55-52-49-47-45-43-40-31-29-27-25-23-20-17-14-11-8-5-2/h8,11,15,17-18,20,22,24-25,27-28,30-31,33-34,40,45,47,52,55,70H,4-7,9-10,12-14,16,19,21,23,26,29,32,35-39,41-44,46,48-51,53-54,56-69H2,1-3H3/b11-8-,18-15-,20-17-,24-22-,27-25-,30-28-,34-33-,40-31-,47-45-,55-52-. The van der Waals surface area contributed by atoms with E-state index in [0.29, 0.717) is 19.3 Å². The Bertz CT molecular complexity index is 1640. The summed E-state index contributed by atoms with van der Waals surface area (Å²) >= 11 is 0. The highest BCUT2D eigenvalue weighted by atomic mass is 16.6. The van der Waals surface area contributed by atoms with Gasteiger partial charge < -0.3 is 14.2 Å². The van der Waals surface area contributed by atoms with E-state index < -0.39 is 6.10 Å². The first-order valence-electron chi connectivity index (χ1n) is 33.0. The largest absolute Gasteiger partial charge is 0.462 e. The first-order chi connectivity index (χ1) is 39.0. The topological polar surface area (TPSA) is 78.9 Å². The van der Waals surface area contributed by atoms with Crippen LogP contribution in [0, 0.1) is 0 Å². The number of allylic oxidation sites excluding steroid dienone is 20. The van der Waals surface area contributed by atoms with E-state index in [1.807, 2.05) is 0 Å². The van der Waals surface area contributed by atoms with Gasteiger partial charge in [-0.25, -0.2) is 0 Å². The lowest BCUT2D eigenvalue weighted by Gasteiger charge is -2.18. The van der Waals surface area contributed by atoms with Crippen LogP contribution >= 0.6 is 0 Å². The van der Waals surface area contributed by atoms with Crippen LogP contribution in [0.25, 0.3) is 0 Å². The number of hydrogen-bond acceptors (Lipinski definition) is 6. The van der Waals surface area contributed by atoms with E-state index in [1.54, 1.807) is 0 Å². The molecular formula is C73H122O6. The fraction of sp³-hybridized carbons (Fsp3) is 0.685. The van der Waals surface area contributed by atoms with Crippen molar-refractivity contribution in [2.45, 2.75) is 309 Å². The summed E-state index contributed by atoms with van der Waals surface area (Å²) in [6.07, 6.45) is 92.2. The fourth-order valence-corrected chi connectivity index (χ4v) is 8.96. The molecule has 0 radical (unpaired) electrons. The van der Waals surface area contributed by atoms with Gasteiger partial charge in [0.25, 0.3) is 0 Å². The molecule has 0 aromatic rings. The molecule has 0 aliphatic rings. The van der Waals surface area contributed by atoms with Crippen LogP contribution in [0.15, 0.2) is 122 Å². The highest BCUT2D eigenvalue weighted by Gasteiger charge is 2.19. The van der Waals surface area contributed by atoms with Crippen molar-refractivity contribution >= 4 is 17.9 Å². The lowest BCUT2D eigenvalue weighted by atomic mass is 10.0. The van der Waals surface area contributed by atoms with Crippen molar-refractivity contribution in [3.05, 3.63) is 122 Å². The molecule has 0 aliphatic carbocycles. The van der Waals surface area contributed by atoms with Crippen LogP contribution in [0.2, 0.25) is 0 Å². The lowest BCUT2D eigenvalue weighted by Crippen LogP contribution is -2.30. The molecule has 0 aromatic heterocycles. The minimum absolute atomic E-state index is 0.100. The van der Waals surface area contributed by atoms with Gasteiger partial charge in [-0.1, -0.05) is 277 Å². The van der Waals surface area contributed by atoms with Crippen LogP contribution < -0.4 is 0 Å². The van der Waals surface area contributed by atoms with Crippen LogP contribution in [0.3, 0.4) is 0 Å². The maximum absolute atomic E-state index is 12.9. The van der Waals surface area contributed by atoms with Gasteiger partial charge in [0.05, 0.1) is 0 Å². The van der Waals surface area contributed by atoms with E-state index in [2.05, 4.69) is 142 Å². The van der Waals surface area contributed by atoms with Crippen LogP contribution in [-0.4, -0.2) is 37.2 Å². The van der Waals surface area contributed by atoms with Gasteiger partial charge in [0.1, 0.15) is 13.2 Å². The van der Waals surface area contributed by atoms with E-state index in [1.165, 1.54) is 141 Å². The first-order valence-corrected chi connectivity index (χ1v) is 33.0. The quantitative estimate of drug-likeness (QED) is 0.0261. The Morgan fingerprint density at radius 2 is 0.506 bits per heavy atom. The molecule has 0 aliphatic heterocycles. The number of ether oxygens (including phenoxy) is 3. The third-order valence-electron chi connectivity index (χ3n) is 13.9. The zero-order valence-electron chi connectivity index (χ0n) is 51.6. The normalized spacial score (nSPS) is 12.9. The zero-order chi connectivity index (χ0) is 57.1. The lowest BCUT2D eigenvalue weighted by molar-refractivity contribution is -0.167. The summed E-state index contributed by atoms with van der Waals surface area (Å²) in [5.41, 5.74) is 0. The fourth-order valence-electron chi connectivity index (χ4n) is 8.96. The van der Waals surface area contributed by atoms with Gasteiger partial charge in [0.2, 0.25) is 0 Å². The summed E-state index contributed by atoms with van der Waals surface area (Å²) in [7, 11) is 0. The van der Waals surface area contributed by atoms with Crippen LogP contribution in [0.1, 0.15) is 303 Å². The molecule has 0 saturated carbocycles. The second-order valence-corrected chi connectivity index (χ2v) is 21.6. The van der Waals surface area contributed by atoms with Gasteiger partial charge in [-0.15, -0.1) is 0 Å². The second-order valence-electron chi connectivity index (χ2n) is 21.6. The summed E-state index contributed by atoms with van der Waals surface area (Å²) < 4.78 is 16.9. The maximum Gasteiger partial charge on any atom is 0.306 e. The Hall–Kier alpha value is -4.19. The number of carbonyl (C=O) groups excluding carboxylic acids is 3. The second kappa shape index (κ2) is 66.3. The number of hydrogen-bond donors (Lipinski definition) is 0. The minimum atomic E-state index is -0.808. The molecule has 6 nitrogen and oxygen atoms in total. The van der Waals surface area contributed by atoms with Crippen LogP contribution in [0.5, 0.6) is 0 Å². The number of unbranched alkanes of at least 4 members (excludes halogenated alkanes) is 28. The Morgan fingerprint density at radius 3 is 0.848 bits per heavy atom. The molecule has 79 heavy (non-hydrogen) atoms. The summed E-state index contributed by atoms with van der Waals surface area (Å²) in [5.74, 6) is -0.951. The van der Waals surface area contributed by atoms with E-state index in [4.69, 9.17) is 14.2 Å². The SMILES string of the molecule is CC/C=C\C/C=C\C/C=C\C/C=C\C/C=C\C/C=C\CCCCC(=O)OC(COC(=O)CCCCCCC/C=C\CCCC)COC(=O)CCCCCCCCCCCCCCCC/C=C\C/C=C\C/C=C\CCCCCCC. The molecule has 0 bridgehead atoms. The van der Waals surface area contributed by atoms with Gasteiger partial charge in [-0.3, -0.25) is 14.4 Å². The third-order valence-corrected chi connectivity index (χ3v) is 13.9. The predicted octanol–water partition coefficient (Wildman–Crippen LogP) is 22.8. The molecule has 0 saturated heterocycles. The number of carbonyl (C=O) groups is 3. The van der Waals surface area contributed by atoms with E-state index in [0.717, 1.165) is 116 Å². The van der Waals surface area contributed by atoms with E-state index >= 15 is 0 Å². The van der Waals surface area contributed by atoms with Crippen molar-refractivity contribution < 1.29 is 28.6 Å². The molecule has 1 unspecified atom stereocenters. The Kier molecular flexibility index (Phi) is 62.8. The molecule has 0 N–H and O–H groups in total. The summed E-state index contributed by atoms with van der Waals surface area (Å²) in [6.45, 7) is 6.45. The molecule has 0 amide bonds. The van der Waals surface area contributed by atoms with Gasteiger partial charge >= 0.3 is 17.9 Å². The summed E-state index contributed by atoms with van der Waals surface area (Å²) in [6, 6.07) is 0. The maximum atomic E-state index is 12.9. The zero-order valence-corrected chi connectivity index (χ0v) is 51.6.